The van der Waals surface area contributed by atoms with E-state index in [1.807, 2.05) is 6.92 Å². The van der Waals surface area contributed by atoms with Gasteiger partial charge < -0.3 is 10.1 Å². The van der Waals surface area contributed by atoms with Crippen molar-refractivity contribution >= 4 is 29.2 Å². The Bertz CT molecular complexity index is 829. The van der Waals surface area contributed by atoms with E-state index in [9.17, 15) is 4.79 Å². The predicted molar refractivity (Wildman–Crippen MR) is 105 cm³/mol. The summed E-state index contributed by atoms with van der Waals surface area (Å²) in [5, 5.41) is 4.31. The van der Waals surface area contributed by atoms with Gasteiger partial charge in [0.15, 0.2) is 5.82 Å². The molecular formula is C20H24N4O2S. The van der Waals surface area contributed by atoms with E-state index in [1.165, 1.54) is 10.5 Å². The topological polar surface area (TPSA) is 67.3 Å². The van der Waals surface area contributed by atoms with Crippen LogP contribution in [-0.4, -0.2) is 40.5 Å². The number of benzene rings is 1. The quantitative estimate of drug-likeness (QED) is 0.670. The van der Waals surface area contributed by atoms with Crippen molar-refractivity contribution in [1.29, 1.82) is 0 Å². The first-order chi connectivity index (χ1) is 13.2. The van der Waals surface area contributed by atoms with Crippen LogP contribution >= 0.6 is 11.8 Å². The van der Waals surface area contributed by atoms with Crippen molar-refractivity contribution in [3.63, 3.8) is 0 Å². The lowest BCUT2D eigenvalue weighted by Crippen LogP contribution is -2.36. The number of aromatic nitrogens is 2. The molecule has 2 aliphatic rings. The fourth-order valence-corrected chi connectivity index (χ4v) is 4.63. The molecule has 0 spiro atoms. The Kier molecular flexibility index (Phi) is 5.59. The summed E-state index contributed by atoms with van der Waals surface area (Å²) in [7, 11) is 0. The molecule has 1 saturated heterocycles. The summed E-state index contributed by atoms with van der Waals surface area (Å²) in [5.74, 6) is 1.14. The predicted octanol–water partition coefficient (Wildman–Crippen LogP) is 3.85. The van der Waals surface area contributed by atoms with Crippen LogP contribution in [0, 0.1) is 5.92 Å². The monoisotopic (exact) mass is 384 g/mol. The van der Waals surface area contributed by atoms with Gasteiger partial charge in [0, 0.05) is 36.8 Å². The van der Waals surface area contributed by atoms with Crippen molar-refractivity contribution in [3.05, 3.63) is 36.2 Å². The van der Waals surface area contributed by atoms with Crippen LogP contribution in [0.4, 0.5) is 11.5 Å². The average Bonchev–Trinajstić information content (AvgIpc) is 2.67. The first-order valence-electron chi connectivity index (χ1n) is 9.48. The number of hydrogen-bond donors (Lipinski definition) is 1. The second-order valence-corrected chi connectivity index (χ2v) is 8.05. The van der Waals surface area contributed by atoms with Crippen LogP contribution in [0.1, 0.15) is 31.7 Å². The number of rotatable bonds is 5. The van der Waals surface area contributed by atoms with Crippen LogP contribution in [0.15, 0.2) is 40.5 Å². The highest BCUT2D eigenvalue weighted by Gasteiger charge is 2.23. The molecule has 6 nitrogen and oxygen atoms in total. The number of hydrogen-bond acceptors (Lipinski definition) is 7. The van der Waals surface area contributed by atoms with Gasteiger partial charge in [0.2, 0.25) is 0 Å². The van der Waals surface area contributed by atoms with Crippen molar-refractivity contribution in [2.24, 2.45) is 5.92 Å². The van der Waals surface area contributed by atoms with Crippen molar-refractivity contribution < 1.29 is 9.53 Å². The molecule has 1 atom stereocenters. The Morgan fingerprint density at radius 2 is 2.26 bits per heavy atom. The maximum atomic E-state index is 11.8. The molecule has 1 N–H and O–H groups in total. The van der Waals surface area contributed by atoms with Gasteiger partial charge in [0.25, 0.3) is 0 Å². The van der Waals surface area contributed by atoms with Gasteiger partial charge in [-0.3, -0.25) is 9.69 Å². The van der Waals surface area contributed by atoms with Crippen LogP contribution in [0.25, 0.3) is 0 Å². The second-order valence-electron chi connectivity index (χ2n) is 7.02. The van der Waals surface area contributed by atoms with E-state index >= 15 is 0 Å². The maximum absolute atomic E-state index is 11.8. The molecule has 3 heterocycles. The maximum Gasteiger partial charge on any atom is 0.306 e. The highest BCUT2D eigenvalue weighted by Crippen LogP contribution is 2.42. The third-order valence-corrected chi connectivity index (χ3v) is 6.01. The molecule has 2 aliphatic heterocycles. The number of fused-ring (bicyclic) bond motifs is 2. The Balaban J connectivity index is 1.39. The number of esters is 1. The average molecular weight is 385 g/mol. The Morgan fingerprint density at radius 1 is 1.37 bits per heavy atom. The summed E-state index contributed by atoms with van der Waals surface area (Å²) in [6.45, 7) is 5.24. The molecule has 1 fully saturated rings. The SMILES string of the molecule is CCOC(=O)CC1CCCN(Cc2ccc3c(c2)Nc2nccnc2S3)C1. The number of piperidine rings is 1. The minimum absolute atomic E-state index is 0.0702. The van der Waals surface area contributed by atoms with Crippen LogP contribution < -0.4 is 5.32 Å². The molecule has 1 aromatic heterocycles. The number of anilines is 2. The Hall–Kier alpha value is -2.12. The van der Waals surface area contributed by atoms with Gasteiger partial charge in [0.05, 0.1) is 12.3 Å². The summed E-state index contributed by atoms with van der Waals surface area (Å²) >= 11 is 1.65. The molecule has 0 aliphatic carbocycles. The van der Waals surface area contributed by atoms with E-state index in [-0.39, 0.29) is 5.97 Å². The van der Waals surface area contributed by atoms with E-state index in [2.05, 4.69) is 38.4 Å². The van der Waals surface area contributed by atoms with Crippen molar-refractivity contribution in [1.82, 2.24) is 14.9 Å². The highest BCUT2D eigenvalue weighted by atomic mass is 32.2. The highest BCUT2D eigenvalue weighted by molar-refractivity contribution is 7.99. The van der Waals surface area contributed by atoms with Gasteiger partial charge in [-0.05, 0) is 49.9 Å². The third kappa shape index (κ3) is 4.42. The van der Waals surface area contributed by atoms with Crippen molar-refractivity contribution in [2.75, 3.05) is 25.0 Å². The van der Waals surface area contributed by atoms with Gasteiger partial charge in [-0.15, -0.1) is 0 Å². The summed E-state index contributed by atoms with van der Waals surface area (Å²) in [5.41, 5.74) is 2.36. The molecule has 1 unspecified atom stereocenters. The summed E-state index contributed by atoms with van der Waals surface area (Å²) < 4.78 is 5.11. The number of nitrogens with zero attached hydrogens (tertiary/aromatic N) is 3. The molecule has 27 heavy (non-hydrogen) atoms. The lowest BCUT2D eigenvalue weighted by molar-refractivity contribution is -0.144. The summed E-state index contributed by atoms with van der Waals surface area (Å²) in [4.78, 5) is 24.1. The lowest BCUT2D eigenvalue weighted by Gasteiger charge is -2.32. The Labute approximate surface area is 163 Å². The van der Waals surface area contributed by atoms with Gasteiger partial charge in [0.1, 0.15) is 5.03 Å². The first kappa shape index (κ1) is 18.3. The van der Waals surface area contributed by atoms with E-state index < -0.39 is 0 Å². The zero-order valence-electron chi connectivity index (χ0n) is 15.5. The minimum Gasteiger partial charge on any atom is -0.466 e. The first-order valence-corrected chi connectivity index (χ1v) is 10.3. The Morgan fingerprint density at radius 3 is 3.15 bits per heavy atom. The molecule has 1 aromatic carbocycles. The molecule has 0 bridgehead atoms. The van der Waals surface area contributed by atoms with Crippen LogP contribution in [0.2, 0.25) is 0 Å². The van der Waals surface area contributed by atoms with Crippen molar-refractivity contribution in [3.8, 4) is 0 Å². The van der Waals surface area contributed by atoms with Crippen LogP contribution in [0.3, 0.4) is 0 Å². The number of carbonyl (C=O) groups is 1. The zero-order chi connectivity index (χ0) is 18.6. The molecular weight excluding hydrogens is 360 g/mol. The lowest BCUT2D eigenvalue weighted by atomic mass is 9.94. The third-order valence-electron chi connectivity index (χ3n) is 4.94. The van der Waals surface area contributed by atoms with E-state index in [4.69, 9.17) is 4.74 Å². The largest absolute Gasteiger partial charge is 0.466 e. The van der Waals surface area contributed by atoms with E-state index in [1.54, 1.807) is 24.2 Å². The summed E-state index contributed by atoms with van der Waals surface area (Å²) in [6, 6.07) is 6.54. The van der Waals surface area contributed by atoms with Crippen LogP contribution in [-0.2, 0) is 16.1 Å². The van der Waals surface area contributed by atoms with E-state index in [0.717, 1.165) is 49.0 Å². The molecule has 7 heteroatoms. The fourth-order valence-electron chi connectivity index (χ4n) is 3.75. The number of nitrogens with one attached hydrogen (secondary N) is 1. The zero-order valence-corrected chi connectivity index (χ0v) is 16.3. The molecule has 0 radical (unpaired) electrons. The molecule has 2 aromatic rings. The molecule has 0 saturated carbocycles. The normalized spacial score (nSPS) is 18.9. The summed E-state index contributed by atoms with van der Waals surface area (Å²) in [6.07, 6.45) is 6.19. The fraction of sp³-hybridized carbons (Fsp3) is 0.450. The van der Waals surface area contributed by atoms with Gasteiger partial charge in [-0.25, -0.2) is 9.97 Å². The van der Waals surface area contributed by atoms with Crippen molar-refractivity contribution in [2.45, 2.75) is 42.7 Å². The van der Waals surface area contributed by atoms with E-state index in [0.29, 0.717) is 18.9 Å². The number of ether oxygens (including phenoxy) is 1. The second kappa shape index (κ2) is 8.27. The molecule has 0 amide bonds. The smallest absolute Gasteiger partial charge is 0.306 e. The number of carbonyl (C=O) groups excluding carboxylic acids is 1. The van der Waals surface area contributed by atoms with Gasteiger partial charge in [-0.1, -0.05) is 17.8 Å². The van der Waals surface area contributed by atoms with Crippen LogP contribution in [0.5, 0.6) is 0 Å². The molecule has 4 rings (SSSR count). The minimum atomic E-state index is -0.0702. The van der Waals surface area contributed by atoms with Gasteiger partial charge in [-0.2, -0.15) is 0 Å². The molecule has 142 valence electrons. The number of likely N-dealkylation sites (tertiary alicyclic amines) is 1. The van der Waals surface area contributed by atoms with Gasteiger partial charge >= 0.3 is 5.97 Å². The standard InChI is InChI=1S/C20H24N4O2S/c1-2-26-18(25)11-14-4-3-9-24(12-14)13-15-5-6-17-16(10-15)23-19-20(27-17)22-8-7-21-19/h5-8,10,14H,2-4,9,11-13H2,1H3,(H,21,23).